The zero-order valence-electron chi connectivity index (χ0n) is 11.4. The summed E-state index contributed by atoms with van der Waals surface area (Å²) in [5.41, 5.74) is 1.47. The molecular weight excluding hydrogens is 282 g/mol. The fourth-order valence-electron chi connectivity index (χ4n) is 1.89. The largest absolute Gasteiger partial charge is 0.236 e. The summed E-state index contributed by atoms with van der Waals surface area (Å²) in [4.78, 5) is 4.63. The van der Waals surface area contributed by atoms with Crippen LogP contribution in [0.2, 0.25) is 5.15 Å². The van der Waals surface area contributed by atoms with Gasteiger partial charge < -0.3 is 0 Å². The average molecular weight is 298 g/mol. The van der Waals surface area contributed by atoms with E-state index in [1.54, 1.807) is 18.2 Å². The number of sulfone groups is 1. The zero-order valence-corrected chi connectivity index (χ0v) is 12.9. The summed E-state index contributed by atoms with van der Waals surface area (Å²) in [6.45, 7) is 6.13. The molecule has 5 heteroatoms. The Labute approximate surface area is 118 Å². The third-order valence-electron chi connectivity index (χ3n) is 2.98. The minimum atomic E-state index is -3.21. The molecule has 0 amide bonds. The molecule has 2 rings (SSSR count). The highest BCUT2D eigenvalue weighted by Crippen LogP contribution is 2.31. The Balaban J connectivity index is 2.76. The topological polar surface area (TPSA) is 47.0 Å². The molecule has 1 aromatic heterocycles. The van der Waals surface area contributed by atoms with E-state index in [0.29, 0.717) is 15.6 Å². The number of rotatable bonds is 1. The van der Waals surface area contributed by atoms with E-state index in [4.69, 9.17) is 11.6 Å². The Morgan fingerprint density at radius 2 is 1.79 bits per heavy atom. The van der Waals surface area contributed by atoms with Crippen LogP contribution in [-0.2, 0) is 15.3 Å². The molecule has 0 aliphatic carbocycles. The smallest absolute Gasteiger partial charge is 0.175 e. The zero-order chi connectivity index (χ0) is 14.4. The maximum Gasteiger partial charge on any atom is 0.175 e. The lowest BCUT2D eigenvalue weighted by molar-refractivity contribution is 0.589. The van der Waals surface area contributed by atoms with Gasteiger partial charge in [-0.25, -0.2) is 13.4 Å². The molecule has 0 bridgehead atoms. The molecule has 0 radical (unpaired) electrons. The highest BCUT2D eigenvalue weighted by Gasteiger charge is 2.19. The monoisotopic (exact) mass is 297 g/mol. The van der Waals surface area contributed by atoms with E-state index in [0.717, 1.165) is 10.9 Å². The molecule has 1 aromatic carbocycles. The lowest BCUT2D eigenvalue weighted by Crippen LogP contribution is -2.12. The maximum atomic E-state index is 11.6. The van der Waals surface area contributed by atoms with Crippen molar-refractivity contribution >= 4 is 32.3 Å². The molecule has 3 nitrogen and oxygen atoms in total. The van der Waals surface area contributed by atoms with Crippen molar-refractivity contribution < 1.29 is 8.42 Å². The second kappa shape index (κ2) is 4.46. The normalized spacial score (nSPS) is 12.9. The summed E-state index contributed by atoms with van der Waals surface area (Å²) in [6, 6.07) is 6.80. The molecule has 0 aliphatic rings. The van der Waals surface area contributed by atoms with Gasteiger partial charge in [-0.1, -0.05) is 32.4 Å². The van der Waals surface area contributed by atoms with Crippen LogP contribution in [0, 0.1) is 0 Å². The second-order valence-electron chi connectivity index (χ2n) is 5.70. The number of nitrogens with zero attached hydrogens (tertiary/aromatic N) is 1. The molecule has 1 heterocycles. The molecular formula is C14H16ClNO2S. The average Bonchev–Trinajstić information content (AvgIpc) is 2.24. The minimum absolute atomic E-state index is 0.140. The number of fused-ring (bicyclic) bond motifs is 1. The van der Waals surface area contributed by atoms with Crippen LogP contribution >= 0.6 is 11.6 Å². The van der Waals surface area contributed by atoms with E-state index < -0.39 is 9.84 Å². The maximum absolute atomic E-state index is 11.6. The number of benzene rings is 1. The predicted molar refractivity (Wildman–Crippen MR) is 78.6 cm³/mol. The number of aromatic nitrogens is 1. The predicted octanol–water partition coefficient (Wildman–Crippen LogP) is 3.59. The van der Waals surface area contributed by atoms with Crippen molar-refractivity contribution in [3.8, 4) is 0 Å². The van der Waals surface area contributed by atoms with Crippen LogP contribution in [0.3, 0.4) is 0 Å². The molecule has 19 heavy (non-hydrogen) atoms. The van der Waals surface area contributed by atoms with Crippen molar-refractivity contribution in [1.82, 2.24) is 4.98 Å². The van der Waals surface area contributed by atoms with Crippen molar-refractivity contribution in [2.75, 3.05) is 6.26 Å². The molecule has 0 spiro atoms. The first kappa shape index (κ1) is 14.3. The lowest BCUT2D eigenvalue weighted by Gasteiger charge is -2.20. The van der Waals surface area contributed by atoms with Crippen LogP contribution in [0.4, 0.5) is 0 Å². The molecule has 0 saturated carbocycles. The summed E-state index contributed by atoms with van der Waals surface area (Å²) < 4.78 is 23.2. The van der Waals surface area contributed by atoms with Crippen LogP contribution in [0.5, 0.6) is 0 Å². The van der Waals surface area contributed by atoms with E-state index in [1.807, 2.05) is 26.8 Å². The van der Waals surface area contributed by atoms with Gasteiger partial charge in [0.1, 0.15) is 5.15 Å². The van der Waals surface area contributed by atoms with E-state index in [1.165, 1.54) is 6.26 Å². The Hall–Kier alpha value is -1.13. The minimum Gasteiger partial charge on any atom is -0.236 e. The van der Waals surface area contributed by atoms with Crippen molar-refractivity contribution in [3.63, 3.8) is 0 Å². The molecule has 0 atom stereocenters. The molecule has 0 fully saturated rings. The Bertz CT molecular complexity index is 746. The lowest BCUT2D eigenvalue weighted by atomic mass is 9.87. The van der Waals surface area contributed by atoms with Gasteiger partial charge in [0.25, 0.3) is 0 Å². The summed E-state index contributed by atoms with van der Waals surface area (Å²) in [6.07, 6.45) is 1.20. The van der Waals surface area contributed by atoms with Crippen LogP contribution < -0.4 is 0 Å². The van der Waals surface area contributed by atoms with Gasteiger partial charge in [-0.15, -0.1) is 0 Å². The van der Waals surface area contributed by atoms with Crippen LogP contribution in [-0.4, -0.2) is 19.7 Å². The number of pyridine rings is 1. The van der Waals surface area contributed by atoms with Gasteiger partial charge in [0, 0.05) is 11.6 Å². The Kier molecular flexibility index (Phi) is 3.35. The van der Waals surface area contributed by atoms with Crippen molar-refractivity contribution in [1.29, 1.82) is 0 Å². The van der Waals surface area contributed by atoms with Gasteiger partial charge >= 0.3 is 0 Å². The fraction of sp³-hybridized carbons (Fsp3) is 0.357. The molecule has 2 aromatic rings. The Morgan fingerprint density at radius 1 is 1.16 bits per heavy atom. The van der Waals surface area contributed by atoms with E-state index in [9.17, 15) is 8.42 Å². The third kappa shape index (κ3) is 2.90. The summed E-state index contributed by atoms with van der Waals surface area (Å²) in [5.74, 6) is 0. The fourth-order valence-corrected chi connectivity index (χ4v) is 2.97. The van der Waals surface area contributed by atoms with Gasteiger partial charge in [0.2, 0.25) is 0 Å². The van der Waals surface area contributed by atoms with Gasteiger partial charge in [-0.3, -0.25) is 0 Å². The first-order valence-electron chi connectivity index (χ1n) is 5.90. The molecule has 0 unspecified atom stereocenters. The molecule has 102 valence electrons. The van der Waals surface area contributed by atoms with Crippen LogP contribution in [0.15, 0.2) is 29.2 Å². The van der Waals surface area contributed by atoms with Gasteiger partial charge in [-0.2, -0.15) is 0 Å². The standard InChI is InChI=1S/C14H16ClNO2S/c1-14(2,3)11-8-9-7-10(19(4,17)18)5-6-12(9)16-13(11)15/h5-8H,1-4H3. The number of hydrogen-bond acceptors (Lipinski definition) is 3. The van der Waals surface area contributed by atoms with Gasteiger partial charge in [-0.05, 0) is 35.2 Å². The SMILES string of the molecule is CC(C)(C)c1cc2cc(S(C)(=O)=O)ccc2nc1Cl. The quantitative estimate of drug-likeness (QED) is 0.756. The number of hydrogen-bond donors (Lipinski definition) is 0. The van der Waals surface area contributed by atoms with Gasteiger partial charge in [0.15, 0.2) is 9.84 Å². The van der Waals surface area contributed by atoms with E-state index in [-0.39, 0.29) is 5.41 Å². The third-order valence-corrected chi connectivity index (χ3v) is 4.37. The summed E-state index contributed by atoms with van der Waals surface area (Å²) in [7, 11) is -3.21. The highest BCUT2D eigenvalue weighted by molar-refractivity contribution is 7.90. The van der Waals surface area contributed by atoms with Crippen LogP contribution in [0.25, 0.3) is 10.9 Å². The van der Waals surface area contributed by atoms with Crippen molar-refractivity contribution in [2.24, 2.45) is 0 Å². The van der Waals surface area contributed by atoms with Crippen molar-refractivity contribution in [2.45, 2.75) is 31.1 Å². The van der Waals surface area contributed by atoms with Crippen molar-refractivity contribution in [3.05, 3.63) is 35.0 Å². The molecule has 0 N–H and O–H groups in total. The Morgan fingerprint density at radius 3 is 2.32 bits per heavy atom. The number of halogens is 1. The van der Waals surface area contributed by atoms with Crippen LogP contribution in [0.1, 0.15) is 26.3 Å². The van der Waals surface area contributed by atoms with Gasteiger partial charge in [0.05, 0.1) is 10.4 Å². The van der Waals surface area contributed by atoms with E-state index in [2.05, 4.69) is 4.98 Å². The summed E-state index contributed by atoms with van der Waals surface area (Å²) >= 11 is 6.19. The highest BCUT2D eigenvalue weighted by atomic mass is 35.5. The first-order chi connectivity index (χ1) is 8.59. The molecule has 0 aliphatic heterocycles. The second-order valence-corrected chi connectivity index (χ2v) is 8.08. The first-order valence-corrected chi connectivity index (χ1v) is 8.17. The molecule has 0 saturated heterocycles. The van der Waals surface area contributed by atoms with E-state index >= 15 is 0 Å². The summed E-state index contributed by atoms with van der Waals surface area (Å²) in [5, 5.41) is 1.25.